The number of ether oxygens (including phenoxy) is 2. The zero-order valence-corrected chi connectivity index (χ0v) is 45.0. The molecule has 2 amide bonds. The van der Waals surface area contributed by atoms with Gasteiger partial charge in [-0.3, -0.25) is 9.80 Å². The van der Waals surface area contributed by atoms with Crippen LogP contribution in [-0.2, 0) is 53.1 Å². The monoisotopic (exact) mass is 1250 g/mol. The van der Waals surface area contributed by atoms with Gasteiger partial charge in [-0.2, -0.15) is 89.0 Å². The minimum absolute atomic E-state index is 0.0405. The summed E-state index contributed by atoms with van der Waals surface area (Å²) in [5, 5.41) is 25.1. The van der Waals surface area contributed by atoms with Gasteiger partial charge in [-0.15, -0.1) is 20.4 Å². The number of amides is 2. The van der Waals surface area contributed by atoms with Crippen LogP contribution in [0, 0.1) is 5.92 Å². The normalized spacial score (nSPS) is 17.6. The van der Waals surface area contributed by atoms with Crippen LogP contribution in [0.4, 0.5) is 111 Å². The highest BCUT2D eigenvalue weighted by Crippen LogP contribution is 2.50. The number of aromatic amines is 1. The van der Waals surface area contributed by atoms with Crippen molar-refractivity contribution >= 4 is 34.9 Å². The SMILES string of the molecule is CCOC(=O)N1c2ccc(C(F)(F)F)cc2N(C(c2cc(C(F)(F)F)cc(C(F)(F)F)c2)c2nn[nH]n2)CC1CC.CCOC(=O)N1c2ccc(C(F)(F)F)cc2N(C(c2cc(C(F)(F)F)cc(C(F)(F)F)c2)c2nnn(CC3CC3)n2)CC1CC. The van der Waals surface area contributed by atoms with Gasteiger partial charge in [0.25, 0.3) is 0 Å². The van der Waals surface area contributed by atoms with E-state index in [4.69, 9.17) is 9.47 Å². The largest absolute Gasteiger partial charge is 0.449 e. The standard InChI is InChI=1S/C28H27F9N6O2.C24H21F9N6O2/c1-3-20-14-41(22-12-17(26(29,30)31)7-8-21(22)43(20)25(44)45-4-2)23(24-38-40-42(39-24)13-15-5-6-15)16-9-18(27(32,33)34)11-19(10-16)28(35,36)37;1-3-16-11-38(18-10-13(22(25,26)27)5-6-17(18)39(16)21(40)41-4-2)19(20-34-36-37-35-20)12-7-14(23(28,29)30)9-15(8-12)24(31,32)33/h7-12,15,20,23H,3-6,13-14H2,1-2H3;5-10,16,19H,3-4,11H2,1-2H3,(H,34,35,36,37). The van der Waals surface area contributed by atoms with Crippen LogP contribution in [0.1, 0.15) is 122 Å². The fourth-order valence-corrected chi connectivity index (χ4v) is 9.94. The average Bonchev–Trinajstić information content (AvgIpc) is 0.963. The van der Waals surface area contributed by atoms with Crippen LogP contribution in [0.3, 0.4) is 0 Å². The van der Waals surface area contributed by atoms with Crippen molar-refractivity contribution in [3.05, 3.63) is 129 Å². The molecule has 0 saturated heterocycles. The van der Waals surface area contributed by atoms with Crippen molar-refractivity contribution in [2.24, 2.45) is 5.92 Å². The summed E-state index contributed by atoms with van der Waals surface area (Å²) in [5.74, 6) is -0.533. The van der Waals surface area contributed by atoms with Crippen molar-refractivity contribution in [1.29, 1.82) is 0 Å². The van der Waals surface area contributed by atoms with E-state index in [1.807, 2.05) is 0 Å². The van der Waals surface area contributed by atoms with E-state index in [0.717, 1.165) is 50.5 Å². The molecule has 1 aliphatic carbocycles. The molecule has 16 nitrogen and oxygen atoms in total. The first-order valence-electron chi connectivity index (χ1n) is 26.0. The van der Waals surface area contributed by atoms with Crippen LogP contribution >= 0.6 is 0 Å². The molecule has 2 aliphatic heterocycles. The number of hydrogen-bond acceptors (Lipinski definition) is 12. The molecule has 4 aromatic carbocycles. The van der Waals surface area contributed by atoms with Gasteiger partial charge >= 0.3 is 49.2 Å². The highest BCUT2D eigenvalue weighted by molar-refractivity contribution is 5.96. The number of halogens is 18. The summed E-state index contributed by atoms with van der Waals surface area (Å²) in [6.45, 7) is 5.85. The molecule has 1 fully saturated rings. The van der Waals surface area contributed by atoms with Crippen LogP contribution in [0.5, 0.6) is 0 Å². The number of benzene rings is 4. The zero-order chi connectivity index (χ0) is 63.2. The Hall–Kier alpha value is -8.10. The van der Waals surface area contributed by atoms with E-state index in [1.54, 1.807) is 13.8 Å². The molecule has 1 N–H and O–H groups in total. The van der Waals surface area contributed by atoms with Crippen molar-refractivity contribution in [1.82, 2.24) is 40.8 Å². The lowest BCUT2D eigenvalue weighted by atomic mass is 9.94. The second-order valence-electron chi connectivity index (χ2n) is 19.9. The third-order valence-electron chi connectivity index (χ3n) is 14.1. The van der Waals surface area contributed by atoms with Gasteiger partial charge in [0.15, 0.2) is 0 Å². The molecule has 1 saturated carbocycles. The summed E-state index contributed by atoms with van der Waals surface area (Å²) < 4.78 is 259. The first-order chi connectivity index (χ1) is 40.1. The molecule has 34 heteroatoms. The second-order valence-corrected chi connectivity index (χ2v) is 19.9. The summed E-state index contributed by atoms with van der Waals surface area (Å²) in [7, 11) is 0. The van der Waals surface area contributed by atoms with E-state index in [9.17, 15) is 88.6 Å². The van der Waals surface area contributed by atoms with Crippen LogP contribution in [0.15, 0.2) is 72.8 Å². The summed E-state index contributed by atoms with van der Waals surface area (Å²) in [5.41, 5.74) is -10.9. The van der Waals surface area contributed by atoms with Gasteiger partial charge in [0.1, 0.15) is 12.1 Å². The molecule has 0 radical (unpaired) electrons. The molecule has 6 aromatic rings. The Kier molecular flexibility index (Phi) is 17.8. The third kappa shape index (κ3) is 13.9. The Labute approximate surface area is 475 Å². The minimum Gasteiger partial charge on any atom is -0.449 e. The number of nitrogens with zero attached hydrogens (tertiary/aromatic N) is 11. The Morgan fingerprint density at radius 1 is 0.512 bits per heavy atom. The van der Waals surface area contributed by atoms with Crippen LogP contribution in [0.25, 0.3) is 0 Å². The first kappa shape index (κ1) is 63.9. The van der Waals surface area contributed by atoms with Gasteiger partial charge in [-0.05, 0) is 135 Å². The molecule has 2 aromatic heterocycles. The molecule has 4 unspecified atom stereocenters. The average molecular weight is 1250 g/mol. The second kappa shape index (κ2) is 24.0. The van der Waals surface area contributed by atoms with Gasteiger partial charge in [0.05, 0.1) is 88.0 Å². The van der Waals surface area contributed by atoms with E-state index in [-0.39, 0.29) is 85.8 Å². The molecular formula is C52H48F18N12O4. The number of carbonyl (C=O) groups is 2. The number of H-pyrrole nitrogens is 1. The molecule has 86 heavy (non-hydrogen) atoms. The molecule has 0 bridgehead atoms. The van der Waals surface area contributed by atoms with Crippen molar-refractivity contribution in [3.63, 3.8) is 0 Å². The fourth-order valence-electron chi connectivity index (χ4n) is 9.94. The van der Waals surface area contributed by atoms with E-state index >= 15 is 0 Å². The van der Waals surface area contributed by atoms with Crippen LogP contribution in [-0.4, -0.2) is 91.4 Å². The quantitative estimate of drug-likeness (QED) is 0.116. The van der Waals surface area contributed by atoms with Crippen molar-refractivity contribution in [2.45, 2.75) is 121 Å². The van der Waals surface area contributed by atoms with Gasteiger partial charge in [0.2, 0.25) is 11.6 Å². The summed E-state index contributed by atoms with van der Waals surface area (Å²) in [6.07, 6.45) is -30.2. The molecule has 4 atom stereocenters. The van der Waals surface area contributed by atoms with Gasteiger partial charge in [-0.1, -0.05) is 19.1 Å². The number of nitrogens with one attached hydrogen (secondary N) is 1. The Morgan fingerprint density at radius 3 is 1.22 bits per heavy atom. The summed E-state index contributed by atoms with van der Waals surface area (Å²) in [4.78, 5) is 31.6. The maximum Gasteiger partial charge on any atom is 0.416 e. The van der Waals surface area contributed by atoms with E-state index in [0.29, 0.717) is 49.0 Å². The predicted molar refractivity (Wildman–Crippen MR) is 266 cm³/mol. The Bertz CT molecular complexity index is 3310. The number of alkyl halides is 18. The number of anilines is 4. The van der Waals surface area contributed by atoms with Gasteiger partial charge in [0, 0.05) is 13.1 Å². The van der Waals surface area contributed by atoms with Crippen LogP contribution < -0.4 is 19.6 Å². The van der Waals surface area contributed by atoms with Crippen molar-refractivity contribution in [3.8, 4) is 0 Å². The maximum absolute atomic E-state index is 13.9. The number of tetrazole rings is 2. The van der Waals surface area contributed by atoms with Crippen LogP contribution in [0.2, 0.25) is 0 Å². The summed E-state index contributed by atoms with van der Waals surface area (Å²) in [6, 6.07) is 1.57. The molecule has 4 heterocycles. The van der Waals surface area contributed by atoms with Gasteiger partial charge in [-0.25, -0.2) is 9.59 Å². The maximum atomic E-state index is 13.9. The molecule has 0 spiro atoms. The Balaban J connectivity index is 0.000000225. The highest BCUT2D eigenvalue weighted by atomic mass is 19.4. The summed E-state index contributed by atoms with van der Waals surface area (Å²) >= 11 is 0. The predicted octanol–water partition coefficient (Wildman–Crippen LogP) is 14.1. The molecule has 466 valence electrons. The number of carbonyl (C=O) groups excluding carboxylic acids is 2. The zero-order valence-electron chi connectivity index (χ0n) is 45.0. The van der Waals surface area contributed by atoms with Gasteiger partial charge < -0.3 is 19.3 Å². The molecule has 3 aliphatic rings. The Morgan fingerprint density at radius 2 is 0.895 bits per heavy atom. The van der Waals surface area contributed by atoms with E-state index in [2.05, 4.69) is 36.0 Å². The molecule has 9 rings (SSSR count). The minimum atomic E-state index is -5.20. The van der Waals surface area contributed by atoms with E-state index < -0.39 is 124 Å². The number of aromatic nitrogens is 8. The number of hydrogen-bond donors (Lipinski definition) is 1. The third-order valence-corrected chi connectivity index (χ3v) is 14.1. The van der Waals surface area contributed by atoms with E-state index in [1.165, 1.54) is 18.7 Å². The lowest BCUT2D eigenvalue weighted by Crippen LogP contribution is -2.53. The lowest BCUT2D eigenvalue weighted by molar-refractivity contribution is -0.144. The first-order valence-corrected chi connectivity index (χ1v) is 26.0. The molecular weight excluding hydrogens is 1200 g/mol. The fraction of sp³-hybridized carbons (Fsp3) is 0.462. The smallest absolute Gasteiger partial charge is 0.416 e. The number of fused-ring (bicyclic) bond motifs is 2. The van der Waals surface area contributed by atoms with Crippen molar-refractivity contribution < 1.29 is 98.1 Å². The lowest BCUT2D eigenvalue weighted by Gasteiger charge is -2.45. The number of rotatable bonds is 12. The van der Waals surface area contributed by atoms with Crippen molar-refractivity contribution in [2.75, 3.05) is 45.9 Å². The topological polar surface area (TPSA) is 164 Å². The highest BCUT2D eigenvalue weighted by Gasteiger charge is 2.47.